The average Bonchev–Trinajstić information content (AvgIpc) is 3.13. The van der Waals surface area contributed by atoms with E-state index in [-0.39, 0.29) is 11.7 Å². The highest BCUT2D eigenvalue weighted by Crippen LogP contribution is 2.27. The Hall–Kier alpha value is -3.33. The third-order valence-electron chi connectivity index (χ3n) is 4.22. The molecule has 2 heterocycles. The first-order chi connectivity index (χ1) is 14.1. The summed E-state index contributed by atoms with van der Waals surface area (Å²) in [6.45, 7) is 1.83. The largest absolute Gasteiger partial charge is 0.497 e. The summed E-state index contributed by atoms with van der Waals surface area (Å²) in [5, 5.41) is 8.82. The van der Waals surface area contributed by atoms with Crippen LogP contribution >= 0.6 is 11.8 Å². The molecule has 0 saturated heterocycles. The molecule has 1 N–H and O–H groups in total. The molecule has 9 heteroatoms. The lowest BCUT2D eigenvalue weighted by atomic mass is 10.2. The Morgan fingerprint density at radius 2 is 1.83 bits per heavy atom. The zero-order valence-corrected chi connectivity index (χ0v) is 17.0. The summed E-state index contributed by atoms with van der Waals surface area (Å²) in [4.78, 5) is 21.7. The van der Waals surface area contributed by atoms with Crippen molar-refractivity contribution in [3.8, 4) is 11.5 Å². The molecule has 0 fully saturated rings. The second kappa shape index (κ2) is 7.96. The molecule has 148 valence electrons. The SMILES string of the molecule is COc1cc(NC(=O)CSc2nc3ccccc3c3nc(C)nn23)cc(OC)c1. The summed E-state index contributed by atoms with van der Waals surface area (Å²) in [7, 11) is 3.12. The molecule has 0 bridgehead atoms. The van der Waals surface area contributed by atoms with Crippen molar-refractivity contribution in [3.63, 3.8) is 0 Å². The van der Waals surface area contributed by atoms with Gasteiger partial charge in [0.15, 0.2) is 10.8 Å². The van der Waals surface area contributed by atoms with Crippen LogP contribution in [0.1, 0.15) is 5.82 Å². The number of carbonyl (C=O) groups is 1. The molecule has 4 aromatic rings. The number of methoxy groups -OCH3 is 2. The minimum Gasteiger partial charge on any atom is -0.497 e. The van der Waals surface area contributed by atoms with Crippen LogP contribution in [0.25, 0.3) is 16.6 Å². The Kier molecular flexibility index (Phi) is 5.22. The number of carbonyl (C=O) groups excluding carboxylic acids is 1. The number of benzene rings is 2. The van der Waals surface area contributed by atoms with E-state index in [1.807, 2.05) is 31.2 Å². The number of amides is 1. The lowest BCUT2D eigenvalue weighted by Crippen LogP contribution is -2.15. The fourth-order valence-corrected chi connectivity index (χ4v) is 3.68. The maximum absolute atomic E-state index is 12.5. The molecule has 2 aromatic carbocycles. The van der Waals surface area contributed by atoms with Crippen molar-refractivity contribution in [2.24, 2.45) is 0 Å². The summed E-state index contributed by atoms with van der Waals surface area (Å²) in [6.07, 6.45) is 0. The minimum atomic E-state index is -0.176. The molecule has 0 spiro atoms. The van der Waals surface area contributed by atoms with Gasteiger partial charge in [0.2, 0.25) is 5.91 Å². The number of nitrogens with zero attached hydrogens (tertiary/aromatic N) is 4. The number of thioether (sulfide) groups is 1. The Morgan fingerprint density at radius 1 is 1.10 bits per heavy atom. The van der Waals surface area contributed by atoms with Crippen LogP contribution in [0.15, 0.2) is 47.6 Å². The summed E-state index contributed by atoms with van der Waals surface area (Å²) >= 11 is 1.30. The van der Waals surface area contributed by atoms with Crippen LogP contribution in [0.5, 0.6) is 11.5 Å². The zero-order valence-electron chi connectivity index (χ0n) is 16.2. The normalized spacial score (nSPS) is 11.0. The number of aryl methyl sites for hydroxylation is 1. The third kappa shape index (κ3) is 3.95. The van der Waals surface area contributed by atoms with Gasteiger partial charge in [0, 0.05) is 29.3 Å². The number of aromatic nitrogens is 4. The molecule has 1 amide bonds. The van der Waals surface area contributed by atoms with E-state index in [9.17, 15) is 4.79 Å². The van der Waals surface area contributed by atoms with E-state index >= 15 is 0 Å². The molecular weight excluding hydrogens is 390 g/mol. The number of para-hydroxylation sites is 1. The molecule has 2 aromatic heterocycles. The summed E-state index contributed by atoms with van der Waals surface area (Å²) < 4.78 is 12.2. The van der Waals surface area contributed by atoms with Crippen molar-refractivity contribution in [1.29, 1.82) is 0 Å². The maximum atomic E-state index is 12.5. The highest BCUT2D eigenvalue weighted by molar-refractivity contribution is 7.99. The van der Waals surface area contributed by atoms with Crippen LogP contribution in [0, 0.1) is 6.92 Å². The fourth-order valence-electron chi connectivity index (χ4n) is 2.93. The Bertz CT molecular complexity index is 1190. The van der Waals surface area contributed by atoms with Crippen LogP contribution in [0.3, 0.4) is 0 Å². The smallest absolute Gasteiger partial charge is 0.234 e. The molecule has 29 heavy (non-hydrogen) atoms. The van der Waals surface area contributed by atoms with E-state index in [2.05, 4.69) is 20.4 Å². The van der Waals surface area contributed by atoms with Crippen LogP contribution in [0.2, 0.25) is 0 Å². The number of rotatable bonds is 6. The highest BCUT2D eigenvalue weighted by atomic mass is 32.2. The van der Waals surface area contributed by atoms with E-state index in [1.54, 1.807) is 36.9 Å². The van der Waals surface area contributed by atoms with Gasteiger partial charge in [-0.25, -0.2) is 9.97 Å². The first-order valence-electron chi connectivity index (χ1n) is 8.85. The Balaban J connectivity index is 1.56. The van der Waals surface area contributed by atoms with E-state index < -0.39 is 0 Å². The molecule has 0 radical (unpaired) electrons. The number of ether oxygens (including phenoxy) is 2. The van der Waals surface area contributed by atoms with Gasteiger partial charge < -0.3 is 14.8 Å². The van der Waals surface area contributed by atoms with Crippen molar-refractivity contribution >= 4 is 39.9 Å². The highest BCUT2D eigenvalue weighted by Gasteiger charge is 2.14. The monoisotopic (exact) mass is 409 g/mol. The van der Waals surface area contributed by atoms with Crippen LogP contribution < -0.4 is 14.8 Å². The number of nitrogens with one attached hydrogen (secondary N) is 1. The van der Waals surface area contributed by atoms with Gasteiger partial charge in [-0.05, 0) is 19.1 Å². The number of fused-ring (bicyclic) bond motifs is 3. The van der Waals surface area contributed by atoms with Gasteiger partial charge in [0.1, 0.15) is 17.3 Å². The number of anilines is 1. The predicted octanol–water partition coefficient (Wildman–Crippen LogP) is 3.33. The molecule has 0 atom stereocenters. The molecule has 0 aliphatic carbocycles. The summed E-state index contributed by atoms with van der Waals surface area (Å²) in [5.74, 6) is 1.84. The first kappa shape index (κ1) is 19.0. The third-order valence-corrected chi connectivity index (χ3v) is 5.15. The second-order valence-electron chi connectivity index (χ2n) is 6.24. The molecular formula is C20H19N5O3S. The van der Waals surface area contributed by atoms with E-state index in [0.29, 0.717) is 28.2 Å². The molecule has 0 aliphatic heterocycles. The van der Waals surface area contributed by atoms with Gasteiger partial charge in [0.25, 0.3) is 0 Å². The molecule has 0 aliphatic rings. The Morgan fingerprint density at radius 3 is 2.55 bits per heavy atom. The number of hydrogen-bond donors (Lipinski definition) is 1. The minimum absolute atomic E-state index is 0.166. The van der Waals surface area contributed by atoms with Gasteiger partial charge in [-0.3, -0.25) is 4.79 Å². The summed E-state index contributed by atoms with van der Waals surface area (Å²) in [6, 6.07) is 13.0. The van der Waals surface area contributed by atoms with Crippen molar-refractivity contribution in [1.82, 2.24) is 19.6 Å². The van der Waals surface area contributed by atoms with Crippen LogP contribution in [-0.2, 0) is 4.79 Å². The lowest BCUT2D eigenvalue weighted by Gasteiger charge is -2.10. The van der Waals surface area contributed by atoms with Gasteiger partial charge in [-0.1, -0.05) is 23.9 Å². The zero-order chi connectivity index (χ0) is 20.4. The molecule has 0 unspecified atom stereocenters. The van der Waals surface area contributed by atoms with Crippen molar-refractivity contribution in [3.05, 3.63) is 48.3 Å². The average molecular weight is 409 g/mol. The molecule has 0 saturated carbocycles. The quantitative estimate of drug-likeness (QED) is 0.386. The predicted molar refractivity (Wildman–Crippen MR) is 112 cm³/mol. The van der Waals surface area contributed by atoms with Crippen LogP contribution in [-0.4, -0.2) is 45.5 Å². The van der Waals surface area contributed by atoms with Crippen molar-refractivity contribution in [2.45, 2.75) is 12.1 Å². The van der Waals surface area contributed by atoms with Crippen LogP contribution in [0.4, 0.5) is 5.69 Å². The molecule has 4 rings (SSSR count). The Labute approximate surface area is 171 Å². The van der Waals surface area contributed by atoms with Gasteiger partial charge in [0.05, 0.1) is 25.5 Å². The number of hydrogen-bond acceptors (Lipinski definition) is 7. The summed E-state index contributed by atoms with van der Waals surface area (Å²) in [5.41, 5.74) is 2.14. The topological polar surface area (TPSA) is 90.6 Å². The van der Waals surface area contributed by atoms with E-state index in [1.165, 1.54) is 11.8 Å². The second-order valence-corrected chi connectivity index (χ2v) is 7.19. The molecule has 8 nitrogen and oxygen atoms in total. The van der Waals surface area contributed by atoms with Crippen molar-refractivity contribution in [2.75, 3.05) is 25.3 Å². The lowest BCUT2D eigenvalue weighted by molar-refractivity contribution is -0.113. The maximum Gasteiger partial charge on any atom is 0.234 e. The fraction of sp³-hybridized carbons (Fsp3) is 0.200. The van der Waals surface area contributed by atoms with Crippen molar-refractivity contribution < 1.29 is 14.3 Å². The van der Waals surface area contributed by atoms with Gasteiger partial charge >= 0.3 is 0 Å². The van der Waals surface area contributed by atoms with Gasteiger partial charge in [-0.2, -0.15) is 4.52 Å². The first-order valence-corrected chi connectivity index (χ1v) is 9.84. The van der Waals surface area contributed by atoms with E-state index in [4.69, 9.17) is 9.47 Å². The van der Waals surface area contributed by atoms with Gasteiger partial charge in [-0.15, -0.1) is 5.10 Å². The standard InChI is InChI=1S/C20H19N5O3S/c1-12-21-19-16-6-4-5-7-17(16)23-20(25(19)24-12)29-11-18(26)22-13-8-14(27-2)10-15(9-13)28-3/h4-10H,11H2,1-3H3,(H,22,26). The van der Waals surface area contributed by atoms with E-state index in [0.717, 1.165) is 16.6 Å².